The minimum absolute atomic E-state index is 0.592. The van der Waals surface area contributed by atoms with Gasteiger partial charge in [-0.25, -0.2) is 10.0 Å². The molecule has 1 radical (unpaired) electrons. The van der Waals surface area contributed by atoms with E-state index in [1.54, 1.807) is 0 Å². The lowest BCUT2D eigenvalue weighted by Crippen LogP contribution is -2.53. The Morgan fingerprint density at radius 2 is 1.75 bits per heavy atom. The molecule has 0 saturated carbocycles. The monoisotopic (exact) mass is 220 g/mol. The van der Waals surface area contributed by atoms with E-state index in [0.717, 1.165) is 6.54 Å². The molecule has 0 amide bonds. The van der Waals surface area contributed by atoms with Crippen molar-refractivity contribution >= 4 is 0 Å². The summed E-state index contributed by atoms with van der Waals surface area (Å²) in [6.07, 6.45) is 12.9. The Morgan fingerprint density at radius 1 is 0.875 bits per heavy atom. The third-order valence-electron chi connectivity index (χ3n) is 3.96. The van der Waals surface area contributed by atoms with Crippen LogP contribution in [0.15, 0.2) is 12.2 Å². The van der Waals surface area contributed by atoms with Crippen molar-refractivity contribution in [3.63, 3.8) is 0 Å². The zero-order chi connectivity index (χ0) is 10.8. The number of hydrazine groups is 1. The summed E-state index contributed by atoms with van der Waals surface area (Å²) in [4.78, 5) is 2.64. The number of nitrogens with zero attached hydrogens (tertiary/aromatic N) is 3. The van der Waals surface area contributed by atoms with E-state index in [9.17, 15) is 0 Å². The molecule has 3 aliphatic heterocycles. The van der Waals surface area contributed by atoms with Crippen LogP contribution in [0.1, 0.15) is 25.7 Å². The lowest BCUT2D eigenvalue weighted by molar-refractivity contribution is -0.0696. The largest absolute Gasteiger partial charge is 0.287 e. The van der Waals surface area contributed by atoms with E-state index in [1.807, 2.05) is 0 Å². The second kappa shape index (κ2) is 4.86. The molecular weight excluding hydrogens is 198 g/mol. The molecule has 2 fully saturated rings. The van der Waals surface area contributed by atoms with Crippen molar-refractivity contribution in [3.05, 3.63) is 18.6 Å². The van der Waals surface area contributed by atoms with Gasteiger partial charge in [-0.2, -0.15) is 0 Å². The summed E-state index contributed by atoms with van der Waals surface area (Å²) >= 11 is 0. The quantitative estimate of drug-likeness (QED) is 0.653. The Kier molecular flexibility index (Phi) is 3.27. The number of hydrogen-bond acceptors (Lipinski definition) is 3. The van der Waals surface area contributed by atoms with Gasteiger partial charge >= 0.3 is 0 Å². The summed E-state index contributed by atoms with van der Waals surface area (Å²) in [5, 5.41) is 5.13. The number of hydrogen-bond donors (Lipinski definition) is 0. The van der Waals surface area contributed by atoms with Gasteiger partial charge < -0.3 is 0 Å². The SMILES string of the molecule is [CH]1CCN(N2CC=CCC2)C1N1CCCC1. The molecule has 0 bridgehead atoms. The van der Waals surface area contributed by atoms with Gasteiger partial charge in [0, 0.05) is 19.6 Å². The predicted molar refractivity (Wildman–Crippen MR) is 65.5 cm³/mol. The first-order chi connectivity index (χ1) is 7.95. The Balaban J connectivity index is 1.65. The zero-order valence-electron chi connectivity index (χ0n) is 10.0. The first-order valence-corrected chi connectivity index (χ1v) is 6.69. The lowest BCUT2D eigenvalue weighted by atomic mass is 10.3. The Labute approximate surface area is 98.7 Å². The maximum absolute atomic E-state index is 2.64. The van der Waals surface area contributed by atoms with Gasteiger partial charge in [-0.1, -0.05) is 12.2 Å². The van der Waals surface area contributed by atoms with Crippen molar-refractivity contribution in [3.8, 4) is 0 Å². The Hall–Kier alpha value is -0.380. The van der Waals surface area contributed by atoms with Crippen molar-refractivity contribution in [1.82, 2.24) is 14.9 Å². The normalized spacial score (nSPS) is 33.9. The van der Waals surface area contributed by atoms with E-state index < -0.39 is 0 Å². The molecule has 1 atom stereocenters. The molecule has 3 aliphatic rings. The van der Waals surface area contributed by atoms with Crippen LogP contribution in [0.2, 0.25) is 0 Å². The van der Waals surface area contributed by atoms with Crippen LogP contribution < -0.4 is 0 Å². The highest BCUT2D eigenvalue weighted by Crippen LogP contribution is 2.25. The number of rotatable bonds is 2. The average molecular weight is 220 g/mol. The van der Waals surface area contributed by atoms with Crippen LogP contribution in [-0.2, 0) is 0 Å². The predicted octanol–water partition coefficient (Wildman–Crippen LogP) is 1.50. The highest BCUT2D eigenvalue weighted by molar-refractivity contribution is 4.97. The molecule has 3 nitrogen and oxygen atoms in total. The molecule has 1 unspecified atom stereocenters. The molecular formula is C13H22N3. The van der Waals surface area contributed by atoms with E-state index in [0.29, 0.717) is 6.17 Å². The molecule has 3 heterocycles. The minimum Gasteiger partial charge on any atom is -0.287 e. The van der Waals surface area contributed by atoms with Gasteiger partial charge in [0.1, 0.15) is 0 Å². The second-order valence-electron chi connectivity index (χ2n) is 5.02. The summed E-state index contributed by atoms with van der Waals surface area (Å²) in [5.41, 5.74) is 0. The van der Waals surface area contributed by atoms with Gasteiger partial charge in [0.05, 0.1) is 6.17 Å². The highest BCUT2D eigenvalue weighted by atomic mass is 15.7. The molecule has 3 rings (SSSR count). The maximum atomic E-state index is 2.64. The smallest absolute Gasteiger partial charge is 0.0793 e. The molecule has 16 heavy (non-hydrogen) atoms. The Morgan fingerprint density at radius 3 is 2.50 bits per heavy atom. The molecule has 0 N–H and O–H groups in total. The van der Waals surface area contributed by atoms with Crippen LogP contribution in [0.25, 0.3) is 0 Å². The second-order valence-corrected chi connectivity index (χ2v) is 5.02. The summed E-state index contributed by atoms with van der Waals surface area (Å²) in [7, 11) is 0. The zero-order valence-corrected chi connectivity index (χ0v) is 10.0. The van der Waals surface area contributed by atoms with Gasteiger partial charge in [-0.05, 0) is 45.2 Å². The van der Waals surface area contributed by atoms with Crippen molar-refractivity contribution < 1.29 is 0 Å². The molecule has 0 aromatic heterocycles. The van der Waals surface area contributed by atoms with Crippen molar-refractivity contribution in [2.75, 3.05) is 32.7 Å². The summed E-state index contributed by atoms with van der Waals surface area (Å²) in [6, 6.07) is 0. The molecule has 0 aliphatic carbocycles. The van der Waals surface area contributed by atoms with Crippen LogP contribution in [0.3, 0.4) is 0 Å². The van der Waals surface area contributed by atoms with Crippen LogP contribution >= 0.6 is 0 Å². The fraction of sp³-hybridized carbons (Fsp3) is 0.769. The molecule has 2 saturated heterocycles. The van der Waals surface area contributed by atoms with E-state index in [2.05, 4.69) is 33.5 Å². The fourth-order valence-electron chi connectivity index (χ4n) is 3.12. The van der Waals surface area contributed by atoms with Crippen molar-refractivity contribution in [2.45, 2.75) is 31.8 Å². The third-order valence-corrected chi connectivity index (χ3v) is 3.96. The summed E-state index contributed by atoms with van der Waals surface area (Å²) < 4.78 is 0. The standard InChI is InChI=1S/C13H22N3/c1-2-10-15(11-3-1)16-12-6-7-13(16)14-8-4-5-9-14/h1-2,7,13H,3-6,8-12H2. The van der Waals surface area contributed by atoms with E-state index in [4.69, 9.17) is 0 Å². The molecule has 3 heteroatoms. The minimum atomic E-state index is 0.592. The van der Waals surface area contributed by atoms with Gasteiger partial charge in [-0.15, -0.1) is 0 Å². The van der Waals surface area contributed by atoms with E-state index >= 15 is 0 Å². The van der Waals surface area contributed by atoms with Crippen molar-refractivity contribution in [1.29, 1.82) is 0 Å². The van der Waals surface area contributed by atoms with Gasteiger partial charge in [-0.3, -0.25) is 4.90 Å². The number of likely N-dealkylation sites (tertiary alicyclic amines) is 1. The molecule has 0 spiro atoms. The summed E-state index contributed by atoms with van der Waals surface area (Å²) in [5.74, 6) is 0. The van der Waals surface area contributed by atoms with Gasteiger partial charge in [0.25, 0.3) is 0 Å². The van der Waals surface area contributed by atoms with Crippen LogP contribution in [0.4, 0.5) is 0 Å². The van der Waals surface area contributed by atoms with Crippen LogP contribution in [0, 0.1) is 6.42 Å². The van der Waals surface area contributed by atoms with E-state index in [1.165, 1.54) is 51.9 Å². The molecule has 89 valence electrons. The first kappa shape index (κ1) is 10.8. The third kappa shape index (κ3) is 2.04. The lowest BCUT2D eigenvalue weighted by Gasteiger charge is -2.40. The van der Waals surface area contributed by atoms with Crippen LogP contribution in [0.5, 0.6) is 0 Å². The molecule has 0 aromatic carbocycles. The maximum Gasteiger partial charge on any atom is 0.0793 e. The first-order valence-electron chi connectivity index (χ1n) is 6.69. The van der Waals surface area contributed by atoms with Gasteiger partial charge in [0.2, 0.25) is 0 Å². The summed E-state index contributed by atoms with van der Waals surface area (Å²) in [6.45, 7) is 6.12. The van der Waals surface area contributed by atoms with Gasteiger partial charge in [0.15, 0.2) is 0 Å². The fourth-order valence-corrected chi connectivity index (χ4v) is 3.12. The van der Waals surface area contributed by atoms with Crippen molar-refractivity contribution in [2.24, 2.45) is 0 Å². The Bertz CT molecular complexity index is 258. The highest BCUT2D eigenvalue weighted by Gasteiger charge is 2.34. The molecule has 0 aromatic rings. The van der Waals surface area contributed by atoms with Crippen LogP contribution in [-0.4, -0.2) is 53.8 Å². The topological polar surface area (TPSA) is 9.72 Å². The van der Waals surface area contributed by atoms with E-state index in [-0.39, 0.29) is 0 Å². The average Bonchev–Trinajstić information content (AvgIpc) is 3.01.